The van der Waals surface area contributed by atoms with Crippen LogP contribution in [0, 0.1) is 19.3 Å². The zero-order chi connectivity index (χ0) is 19.1. The number of rotatable bonds is 2. The second-order valence-corrected chi connectivity index (χ2v) is 8.07. The Balaban J connectivity index is 1.81. The monoisotopic (exact) mass is 350 g/mol. The first-order valence-electron chi connectivity index (χ1n) is 9.00. The molecule has 1 aliphatic heterocycles. The van der Waals surface area contributed by atoms with Gasteiger partial charge < -0.3 is 10.2 Å². The second-order valence-electron chi connectivity index (χ2n) is 8.07. The van der Waals surface area contributed by atoms with E-state index < -0.39 is 5.41 Å². The summed E-state index contributed by atoms with van der Waals surface area (Å²) in [5, 5.41) is 2.99. The number of carbonyl (C=O) groups is 2. The average Bonchev–Trinajstić information content (AvgIpc) is 2.98. The number of carbonyl (C=O) groups excluding carboxylic acids is 2. The molecule has 136 valence electrons. The van der Waals surface area contributed by atoms with Gasteiger partial charge in [0.05, 0.1) is 0 Å². The molecule has 0 saturated carbocycles. The van der Waals surface area contributed by atoms with Crippen LogP contribution in [0.5, 0.6) is 0 Å². The molecular weight excluding hydrogens is 324 g/mol. The fourth-order valence-electron chi connectivity index (χ4n) is 3.27. The number of aryl methyl sites for hydroxylation is 2. The van der Waals surface area contributed by atoms with Crippen LogP contribution in [0.25, 0.3) is 0 Å². The zero-order valence-electron chi connectivity index (χ0n) is 16.1. The number of hydrogen-bond donors (Lipinski definition) is 1. The van der Waals surface area contributed by atoms with Crippen molar-refractivity contribution in [1.29, 1.82) is 0 Å². The molecule has 2 amide bonds. The molecule has 2 aromatic rings. The largest absolute Gasteiger partial charge is 0.322 e. The summed E-state index contributed by atoms with van der Waals surface area (Å²) in [6.45, 7) is 10.4. The molecule has 0 unspecified atom stereocenters. The van der Waals surface area contributed by atoms with Crippen LogP contribution < -0.4 is 10.2 Å². The fraction of sp³-hybridized carbons (Fsp3) is 0.364. The van der Waals surface area contributed by atoms with Gasteiger partial charge in [0.15, 0.2) is 0 Å². The summed E-state index contributed by atoms with van der Waals surface area (Å²) in [7, 11) is 0. The SMILES string of the molecule is Cc1ccc(C)c(C(=O)Nc2ccc3c(c2)CCN3C(=O)C(C)(C)C)c1. The lowest BCUT2D eigenvalue weighted by molar-refractivity contribution is -0.125. The Kier molecular flexibility index (Phi) is 4.61. The predicted molar refractivity (Wildman–Crippen MR) is 106 cm³/mol. The van der Waals surface area contributed by atoms with Crippen molar-refractivity contribution in [2.75, 3.05) is 16.8 Å². The normalized spacial score (nSPS) is 13.5. The molecule has 4 nitrogen and oxygen atoms in total. The molecule has 0 aromatic heterocycles. The van der Waals surface area contributed by atoms with Crippen LogP contribution >= 0.6 is 0 Å². The maximum Gasteiger partial charge on any atom is 0.255 e. The molecule has 1 aliphatic rings. The van der Waals surface area contributed by atoms with E-state index in [0.717, 1.165) is 34.5 Å². The molecule has 0 bridgehead atoms. The Bertz CT molecular complexity index is 878. The van der Waals surface area contributed by atoms with Gasteiger partial charge in [0.2, 0.25) is 5.91 Å². The Labute approximate surface area is 155 Å². The summed E-state index contributed by atoms with van der Waals surface area (Å²) in [6, 6.07) is 11.7. The molecule has 0 radical (unpaired) electrons. The third kappa shape index (κ3) is 3.50. The van der Waals surface area contributed by atoms with Gasteiger partial charge in [-0.05, 0) is 55.7 Å². The standard InChI is InChI=1S/C22H26N2O2/c1-14-6-7-15(2)18(12-14)20(25)23-17-8-9-19-16(13-17)10-11-24(19)21(26)22(3,4)5/h6-9,12-13H,10-11H2,1-5H3,(H,23,25). The van der Waals surface area contributed by atoms with E-state index in [1.165, 1.54) is 0 Å². The van der Waals surface area contributed by atoms with E-state index in [4.69, 9.17) is 0 Å². The summed E-state index contributed by atoms with van der Waals surface area (Å²) in [5.74, 6) is 0.0233. The molecule has 0 atom stereocenters. The molecule has 2 aromatic carbocycles. The third-order valence-electron chi connectivity index (χ3n) is 4.76. The smallest absolute Gasteiger partial charge is 0.255 e. The lowest BCUT2D eigenvalue weighted by Crippen LogP contribution is -2.38. The lowest BCUT2D eigenvalue weighted by atomic mass is 9.94. The Morgan fingerprint density at radius 2 is 1.77 bits per heavy atom. The van der Waals surface area contributed by atoms with Crippen molar-refractivity contribution in [3.8, 4) is 0 Å². The van der Waals surface area contributed by atoms with Gasteiger partial charge in [-0.3, -0.25) is 9.59 Å². The van der Waals surface area contributed by atoms with Gasteiger partial charge >= 0.3 is 0 Å². The predicted octanol–water partition coefficient (Wildman–Crippen LogP) is 4.49. The van der Waals surface area contributed by atoms with E-state index in [1.807, 2.05) is 75.9 Å². The number of amides is 2. The van der Waals surface area contributed by atoms with Crippen LogP contribution in [0.1, 0.15) is 47.8 Å². The maximum atomic E-state index is 12.6. The van der Waals surface area contributed by atoms with E-state index in [9.17, 15) is 9.59 Å². The quantitative estimate of drug-likeness (QED) is 0.867. The summed E-state index contributed by atoms with van der Waals surface area (Å²) in [5.41, 5.74) is 5.12. The van der Waals surface area contributed by atoms with Gasteiger partial charge in [-0.15, -0.1) is 0 Å². The lowest BCUT2D eigenvalue weighted by Gasteiger charge is -2.26. The minimum Gasteiger partial charge on any atom is -0.322 e. The van der Waals surface area contributed by atoms with Crippen LogP contribution in [0.15, 0.2) is 36.4 Å². The molecule has 3 rings (SSSR count). The van der Waals surface area contributed by atoms with Crippen molar-refractivity contribution >= 4 is 23.2 Å². The molecule has 0 aliphatic carbocycles. The van der Waals surface area contributed by atoms with E-state index in [-0.39, 0.29) is 11.8 Å². The van der Waals surface area contributed by atoms with Crippen molar-refractivity contribution in [2.45, 2.75) is 41.0 Å². The third-order valence-corrected chi connectivity index (χ3v) is 4.76. The Morgan fingerprint density at radius 1 is 1.04 bits per heavy atom. The van der Waals surface area contributed by atoms with Crippen LogP contribution in [-0.4, -0.2) is 18.4 Å². The minimum atomic E-state index is -0.406. The average molecular weight is 350 g/mol. The maximum absolute atomic E-state index is 12.6. The van der Waals surface area contributed by atoms with E-state index >= 15 is 0 Å². The van der Waals surface area contributed by atoms with Crippen LogP contribution in [0.2, 0.25) is 0 Å². The van der Waals surface area contributed by atoms with Crippen molar-refractivity contribution in [1.82, 2.24) is 0 Å². The molecule has 26 heavy (non-hydrogen) atoms. The summed E-state index contributed by atoms with van der Waals surface area (Å²) >= 11 is 0. The Hall–Kier alpha value is -2.62. The molecular formula is C22H26N2O2. The summed E-state index contributed by atoms with van der Waals surface area (Å²) in [6.07, 6.45) is 0.810. The number of nitrogens with one attached hydrogen (secondary N) is 1. The molecule has 0 spiro atoms. The van der Waals surface area contributed by atoms with Crippen LogP contribution in [0.3, 0.4) is 0 Å². The van der Waals surface area contributed by atoms with E-state index in [0.29, 0.717) is 12.1 Å². The first-order valence-corrected chi connectivity index (χ1v) is 9.00. The van der Waals surface area contributed by atoms with E-state index in [1.54, 1.807) is 0 Å². The molecule has 1 heterocycles. The highest BCUT2D eigenvalue weighted by Gasteiger charge is 2.32. The van der Waals surface area contributed by atoms with Crippen LogP contribution in [0.4, 0.5) is 11.4 Å². The first kappa shape index (κ1) is 18.2. The number of hydrogen-bond acceptors (Lipinski definition) is 2. The topological polar surface area (TPSA) is 49.4 Å². The summed E-state index contributed by atoms with van der Waals surface area (Å²) < 4.78 is 0. The van der Waals surface area contributed by atoms with Gasteiger partial charge in [-0.25, -0.2) is 0 Å². The zero-order valence-corrected chi connectivity index (χ0v) is 16.1. The number of nitrogens with zero attached hydrogens (tertiary/aromatic N) is 1. The minimum absolute atomic E-state index is 0.105. The molecule has 0 fully saturated rings. The summed E-state index contributed by atoms with van der Waals surface area (Å²) in [4.78, 5) is 27.1. The Morgan fingerprint density at radius 3 is 2.46 bits per heavy atom. The van der Waals surface area contributed by atoms with Crippen molar-refractivity contribution in [3.05, 3.63) is 58.7 Å². The highest BCUT2D eigenvalue weighted by atomic mass is 16.2. The van der Waals surface area contributed by atoms with Crippen LogP contribution in [-0.2, 0) is 11.2 Å². The van der Waals surface area contributed by atoms with Crippen molar-refractivity contribution in [3.63, 3.8) is 0 Å². The van der Waals surface area contributed by atoms with E-state index in [2.05, 4.69) is 5.32 Å². The van der Waals surface area contributed by atoms with Gasteiger partial charge in [-0.2, -0.15) is 0 Å². The molecule has 0 saturated heterocycles. The number of fused-ring (bicyclic) bond motifs is 1. The van der Waals surface area contributed by atoms with Gasteiger partial charge in [0.1, 0.15) is 0 Å². The van der Waals surface area contributed by atoms with Gasteiger partial charge in [0.25, 0.3) is 5.91 Å². The van der Waals surface area contributed by atoms with Gasteiger partial charge in [-0.1, -0.05) is 38.5 Å². The number of anilines is 2. The highest BCUT2D eigenvalue weighted by Crippen LogP contribution is 2.33. The van der Waals surface area contributed by atoms with Crippen molar-refractivity contribution in [2.24, 2.45) is 5.41 Å². The van der Waals surface area contributed by atoms with Crippen molar-refractivity contribution < 1.29 is 9.59 Å². The fourth-order valence-corrected chi connectivity index (χ4v) is 3.27. The molecule has 4 heteroatoms. The second kappa shape index (κ2) is 6.60. The van der Waals surface area contributed by atoms with Gasteiger partial charge in [0, 0.05) is 28.9 Å². The first-order chi connectivity index (χ1) is 12.2. The molecule has 1 N–H and O–H groups in total. The number of benzene rings is 2. The highest BCUT2D eigenvalue weighted by molar-refractivity contribution is 6.06.